The van der Waals surface area contributed by atoms with Crippen LogP contribution in [0, 0.1) is 0 Å². The first kappa shape index (κ1) is 7.29. The monoisotopic (exact) mass is 157 g/mol. The third-order valence-corrected chi connectivity index (χ3v) is 2.25. The molecule has 1 aliphatic rings. The van der Waals surface area contributed by atoms with E-state index in [4.69, 9.17) is 0 Å². The number of hydrogen-bond donors (Lipinski definition) is 0. The molecule has 0 radical (unpaired) electrons. The van der Waals surface area contributed by atoms with Crippen molar-refractivity contribution in [3.63, 3.8) is 0 Å². The molecule has 1 atom stereocenters. The topological polar surface area (TPSA) is 12.4 Å². The molecule has 0 aromatic heterocycles. The van der Waals surface area contributed by atoms with Crippen LogP contribution in [0.3, 0.4) is 0 Å². The molecule has 60 valence electrons. The van der Waals surface area contributed by atoms with E-state index in [0.717, 1.165) is 0 Å². The fourth-order valence-electron chi connectivity index (χ4n) is 1.41. The summed E-state index contributed by atoms with van der Waals surface area (Å²) in [6.45, 7) is 2.16. The van der Waals surface area contributed by atoms with Crippen molar-refractivity contribution in [3.05, 3.63) is 48.2 Å². The van der Waals surface area contributed by atoms with E-state index in [1.54, 1.807) is 0 Å². The third kappa shape index (κ3) is 1.07. The Morgan fingerprint density at radius 2 is 1.92 bits per heavy atom. The molecule has 0 saturated heterocycles. The minimum absolute atomic E-state index is 0.0151. The number of rotatable bonds is 1. The van der Waals surface area contributed by atoms with Crippen molar-refractivity contribution in [2.24, 2.45) is 4.99 Å². The summed E-state index contributed by atoms with van der Waals surface area (Å²) in [5.41, 5.74) is 1.31. The highest BCUT2D eigenvalue weighted by atomic mass is 14.7. The zero-order valence-electron chi connectivity index (χ0n) is 7.07. The van der Waals surface area contributed by atoms with Crippen LogP contribution in [0.1, 0.15) is 12.5 Å². The molecular weight excluding hydrogens is 146 g/mol. The predicted octanol–water partition coefficient (Wildman–Crippen LogP) is 2.54. The molecule has 0 N–H and O–H groups in total. The van der Waals surface area contributed by atoms with Crippen LogP contribution in [-0.4, -0.2) is 6.21 Å². The Bertz CT molecular complexity index is 310. The Kier molecular flexibility index (Phi) is 1.58. The molecule has 1 aliphatic heterocycles. The second-order valence-electron chi connectivity index (χ2n) is 3.24. The molecule has 1 aromatic rings. The van der Waals surface area contributed by atoms with E-state index >= 15 is 0 Å². The van der Waals surface area contributed by atoms with Gasteiger partial charge in [-0.1, -0.05) is 36.4 Å². The van der Waals surface area contributed by atoms with Crippen molar-refractivity contribution < 1.29 is 0 Å². The van der Waals surface area contributed by atoms with Crippen LogP contribution in [-0.2, 0) is 5.41 Å². The number of benzene rings is 1. The van der Waals surface area contributed by atoms with E-state index in [-0.39, 0.29) is 5.41 Å². The molecule has 0 saturated carbocycles. The minimum Gasteiger partial charge on any atom is -0.268 e. The lowest BCUT2D eigenvalue weighted by Gasteiger charge is -2.17. The normalized spacial score (nSPS) is 26.4. The molecule has 1 heteroatoms. The van der Waals surface area contributed by atoms with Gasteiger partial charge in [0.05, 0.1) is 0 Å². The Labute approximate surface area is 72.5 Å². The van der Waals surface area contributed by atoms with Gasteiger partial charge in [-0.3, -0.25) is 4.99 Å². The van der Waals surface area contributed by atoms with Crippen LogP contribution < -0.4 is 0 Å². The standard InChI is InChI=1S/C11H11N/c1-11(7-8-12-9-11)10-5-3-2-4-6-10/h2-9H,1H3. The Balaban J connectivity index is 2.43. The van der Waals surface area contributed by atoms with Gasteiger partial charge in [0.15, 0.2) is 0 Å². The van der Waals surface area contributed by atoms with E-state index in [0.29, 0.717) is 0 Å². The van der Waals surface area contributed by atoms with Crippen LogP contribution in [0.2, 0.25) is 0 Å². The smallest absolute Gasteiger partial charge is 0.0474 e. The second kappa shape index (κ2) is 2.59. The zero-order valence-corrected chi connectivity index (χ0v) is 7.07. The van der Waals surface area contributed by atoms with Gasteiger partial charge in [0.25, 0.3) is 0 Å². The molecule has 0 amide bonds. The van der Waals surface area contributed by atoms with E-state index < -0.39 is 0 Å². The van der Waals surface area contributed by atoms with Crippen LogP contribution in [0.5, 0.6) is 0 Å². The molecule has 2 rings (SSSR count). The van der Waals surface area contributed by atoms with Crippen molar-refractivity contribution >= 4 is 6.21 Å². The summed E-state index contributed by atoms with van der Waals surface area (Å²) in [5.74, 6) is 0. The van der Waals surface area contributed by atoms with Crippen molar-refractivity contribution in [3.8, 4) is 0 Å². The number of nitrogens with zero attached hydrogens (tertiary/aromatic N) is 1. The first-order chi connectivity index (χ1) is 5.81. The average Bonchev–Trinajstić information content (AvgIpc) is 2.55. The average molecular weight is 157 g/mol. The summed E-state index contributed by atoms with van der Waals surface area (Å²) >= 11 is 0. The van der Waals surface area contributed by atoms with Crippen molar-refractivity contribution in [1.29, 1.82) is 0 Å². The maximum atomic E-state index is 4.11. The third-order valence-electron chi connectivity index (χ3n) is 2.25. The van der Waals surface area contributed by atoms with Crippen molar-refractivity contribution in [1.82, 2.24) is 0 Å². The van der Waals surface area contributed by atoms with Gasteiger partial charge >= 0.3 is 0 Å². The Morgan fingerprint density at radius 1 is 1.17 bits per heavy atom. The van der Waals surface area contributed by atoms with Gasteiger partial charge in [-0.05, 0) is 12.5 Å². The number of hydrogen-bond acceptors (Lipinski definition) is 1. The second-order valence-corrected chi connectivity index (χ2v) is 3.24. The molecule has 1 aromatic carbocycles. The highest BCUT2D eigenvalue weighted by Gasteiger charge is 2.22. The van der Waals surface area contributed by atoms with Crippen LogP contribution in [0.15, 0.2) is 47.6 Å². The van der Waals surface area contributed by atoms with Gasteiger partial charge < -0.3 is 0 Å². The van der Waals surface area contributed by atoms with Gasteiger partial charge in [0, 0.05) is 17.8 Å². The number of aliphatic imine (C=N–C) groups is 1. The van der Waals surface area contributed by atoms with Crippen LogP contribution in [0.4, 0.5) is 0 Å². The van der Waals surface area contributed by atoms with Gasteiger partial charge in [-0.2, -0.15) is 0 Å². The van der Waals surface area contributed by atoms with Gasteiger partial charge in [-0.15, -0.1) is 0 Å². The van der Waals surface area contributed by atoms with E-state index in [2.05, 4.69) is 42.3 Å². The Morgan fingerprint density at radius 3 is 2.50 bits per heavy atom. The molecule has 1 heterocycles. The summed E-state index contributed by atoms with van der Waals surface area (Å²) in [4.78, 5) is 4.11. The fourth-order valence-corrected chi connectivity index (χ4v) is 1.41. The maximum absolute atomic E-state index is 4.11. The summed E-state index contributed by atoms with van der Waals surface area (Å²) in [7, 11) is 0. The molecule has 0 aliphatic carbocycles. The summed E-state index contributed by atoms with van der Waals surface area (Å²) in [6.07, 6.45) is 5.94. The fraction of sp³-hybridized carbons (Fsp3) is 0.182. The summed E-state index contributed by atoms with van der Waals surface area (Å²) in [5, 5.41) is 0. The zero-order chi connectivity index (χ0) is 8.44. The molecule has 12 heavy (non-hydrogen) atoms. The van der Waals surface area contributed by atoms with Crippen LogP contribution in [0.25, 0.3) is 0 Å². The molecule has 0 fully saturated rings. The highest BCUT2D eigenvalue weighted by Crippen LogP contribution is 2.25. The van der Waals surface area contributed by atoms with Crippen LogP contribution >= 0.6 is 0 Å². The lowest BCUT2D eigenvalue weighted by Crippen LogP contribution is -2.17. The molecule has 1 nitrogen and oxygen atoms in total. The first-order valence-electron chi connectivity index (χ1n) is 4.09. The highest BCUT2D eigenvalue weighted by molar-refractivity contribution is 5.79. The van der Waals surface area contributed by atoms with Gasteiger partial charge in [-0.25, -0.2) is 0 Å². The minimum atomic E-state index is 0.0151. The lowest BCUT2D eigenvalue weighted by atomic mass is 9.85. The van der Waals surface area contributed by atoms with Gasteiger partial charge in [0.2, 0.25) is 0 Å². The van der Waals surface area contributed by atoms with Crippen molar-refractivity contribution in [2.75, 3.05) is 0 Å². The lowest BCUT2D eigenvalue weighted by molar-refractivity contribution is 0.842. The largest absolute Gasteiger partial charge is 0.268 e. The predicted molar refractivity (Wildman–Crippen MR) is 51.4 cm³/mol. The van der Waals surface area contributed by atoms with Crippen molar-refractivity contribution in [2.45, 2.75) is 12.3 Å². The Hall–Kier alpha value is -1.37. The SMILES string of the molecule is CC1(c2ccccc2)C=CN=C1. The number of allylic oxidation sites excluding steroid dienone is 1. The van der Waals surface area contributed by atoms with Gasteiger partial charge in [0.1, 0.15) is 0 Å². The molecule has 0 spiro atoms. The molecule has 0 bridgehead atoms. The van der Waals surface area contributed by atoms with E-state index in [1.165, 1.54) is 5.56 Å². The maximum Gasteiger partial charge on any atom is 0.0474 e. The quantitative estimate of drug-likeness (QED) is 0.594. The summed E-state index contributed by atoms with van der Waals surface area (Å²) < 4.78 is 0. The van der Waals surface area contributed by atoms with E-state index in [1.807, 2.05) is 18.5 Å². The summed E-state index contributed by atoms with van der Waals surface area (Å²) in [6, 6.07) is 10.4. The van der Waals surface area contributed by atoms with E-state index in [9.17, 15) is 0 Å². The molecular formula is C11H11N. The molecule has 1 unspecified atom stereocenters. The first-order valence-corrected chi connectivity index (χ1v) is 4.09.